The molecule has 0 radical (unpaired) electrons. The number of unbranched alkanes of at least 4 members (excludes halogenated alkanes) is 2. The predicted octanol–water partition coefficient (Wildman–Crippen LogP) is 9.02. The zero-order valence-corrected chi connectivity index (χ0v) is 21.3. The van der Waals surface area contributed by atoms with E-state index in [-0.39, 0.29) is 5.82 Å². The van der Waals surface area contributed by atoms with E-state index in [4.69, 9.17) is 0 Å². The Labute approximate surface area is 215 Å². The zero-order chi connectivity index (χ0) is 25.2. The standard InChI is InChI=1S/C35H35F/c1-3-5-7-9-28-12-16-30(17-13-28)20-22-32-23-24-33-26-31(21-25-34(33)35(32)36)19-18-29-14-10-27(11-15-29)8-6-4-2/h4,10-17,21,23-26H,2-3,5-9,20,22H2,1H3. The highest BCUT2D eigenvalue weighted by Gasteiger charge is 2.08. The second kappa shape index (κ2) is 12.9. The quantitative estimate of drug-likeness (QED) is 0.122. The van der Waals surface area contributed by atoms with E-state index in [1.54, 1.807) is 0 Å². The molecule has 0 saturated carbocycles. The van der Waals surface area contributed by atoms with Crippen LogP contribution in [0.2, 0.25) is 0 Å². The molecule has 0 N–H and O–H groups in total. The maximum Gasteiger partial charge on any atom is 0.134 e. The van der Waals surface area contributed by atoms with Crippen molar-refractivity contribution in [2.24, 2.45) is 0 Å². The molecule has 0 aliphatic rings. The summed E-state index contributed by atoms with van der Waals surface area (Å²) in [7, 11) is 0. The molecule has 0 atom stereocenters. The van der Waals surface area contributed by atoms with Gasteiger partial charge in [-0.3, -0.25) is 0 Å². The van der Waals surface area contributed by atoms with Crippen LogP contribution in [0.1, 0.15) is 66.0 Å². The Kier molecular flexibility index (Phi) is 9.12. The van der Waals surface area contributed by atoms with Gasteiger partial charge in [0.25, 0.3) is 0 Å². The smallest absolute Gasteiger partial charge is 0.134 e. The summed E-state index contributed by atoms with van der Waals surface area (Å²) in [6.07, 6.45) is 10.4. The minimum Gasteiger partial charge on any atom is -0.206 e. The van der Waals surface area contributed by atoms with Gasteiger partial charge in [-0.05, 0) is 90.4 Å². The van der Waals surface area contributed by atoms with E-state index >= 15 is 4.39 Å². The lowest BCUT2D eigenvalue weighted by molar-refractivity contribution is 0.620. The van der Waals surface area contributed by atoms with E-state index in [0.717, 1.165) is 47.8 Å². The number of hydrogen-bond acceptors (Lipinski definition) is 0. The van der Waals surface area contributed by atoms with Gasteiger partial charge in [-0.2, -0.15) is 0 Å². The number of halogens is 1. The molecule has 0 spiro atoms. The van der Waals surface area contributed by atoms with Gasteiger partial charge in [-0.1, -0.05) is 92.3 Å². The fraction of sp³-hybridized carbons (Fsp3) is 0.257. The highest BCUT2D eigenvalue weighted by Crippen LogP contribution is 2.24. The third-order valence-corrected chi connectivity index (χ3v) is 6.75. The van der Waals surface area contributed by atoms with Gasteiger partial charge in [-0.15, -0.1) is 6.58 Å². The van der Waals surface area contributed by atoms with Crippen LogP contribution < -0.4 is 0 Å². The summed E-state index contributed by atoms with van der Waals surface area (Å²) in [5.41, 5.74) is 6.58. The second-order valence-electron chi connectivity index (χ2n) is 9.52. The normalized spacial score (nSPS) is 10.7. The summed E-state index contributed by atoms with van der Waals surface area (Å²) < 4.78 is 15.3. The molecule has 0 aliphatic heterocycles. The van der Waals surface area contributed by atoms with Gasteiger partial charge >= 0.3 is 0 Å². The van der Waals surface area contributed by atoms with Crippen LogP contribution in [0.25, 0.3) is 10.8 Å². The maximum absolute atomic E-state index is 15.3. The van der Waals surface area contributed by atoms with E-state index in [2.05, 4.69) is 73.9 Å². The summed E-state index contributed by atoms with van der Waals surface area (Å²) >= 11 is 0. The monoisotopic (exact) mass is 474 g/mol. The average molecular weight is 475 g/mol. The Morgan fingerprint density at radius 3 is 2.06 bits per heavy atom. The van der Waals surface area contributed by atoms with Crippen LogP contribution in [-0.2, 0) is 25.7 Å². The molecule has 0 nitrogen and oxygen atoms in total. The third-order valence-electron chi connectivity index (χ3n) is 6.75. The molecule has 4 aromatic carbocycles. The molecule has 0 saturated heterocycles. The molecule has 4 rings (SSSR count). The van der Waals surface area contributed by atoms with Crippen LogP contribution in [0.15, 0.2) is 91.5 Å². The average Bonchev–Trinajstić information content (AvgIpc) is 2.92. The molecule has 1 heteroatoms. The fourth-order valence-electron chi connectivity index (χ4n) is 4.51. The molecule has 0 unspecified atom stereocenters. The molecule has 0 amide bonds. The van der Waals surface area contributed by atoms with Gasteiger partial charge in [0.05, 0.1) is 0 Å². The summed E-state index contributed by atoms with van der Waals surface area (Å²) in [5, 5.41) is 1.55. The number of benzene rings is 4. The second-order valence-corrected chi connectivity index (χ2v) is 9.52. The molecule has 0 aromatic heterocycles. The Hall–Kier alpha value is -3.63. The number of hydrogen-bond donors (Lipinski definition) is 0. The van der Waals surface area contributed by atoms with Gasteiger partial charge in [-0.25, -0.2) is 4.39 Å². The zero-order valence-electron chi connectivity index (χ0n) is 21.3. The molecule has 182 valence electrons. The summed E-state index contributed by atoms with van der Waals surface area (Å²) in [4.78, 5) is 0. The van der Waals surface area contributed by atoms with Crippen molar-refractivity contribution in [3.8, 4) is 11.8 Å². The molecule has 0 aliphatic carbocycles. The van der Waals surface area contributed by atoms with Gasteiger partial charge in [0, 0.05) is 16.5 Å². The van der Waals surface area contributed by atoms with Gasteiger partial charge in [0.2, 0.25) is 0 Å². The van der Waals surface area contributed by atoms with Crippen LogP contribution in [0.3, 0.4) is 0 Å². The minimum absolute atomic E-state index is 0.113. The van der Waals surface area contributed by atoms with Crippen molar-refractivity contribution in [3.63, 3.8) is 0 Å². The highest BCUT2D eigenvalue weighted by atomic mass is 19.1. The van der Waals surface area contributed by atoms with Crippen LogP contribution in [0, 0.1) is 17.7 Å². The SMILES string of the molecule is C=CCCc1ccc(C#Cc2ccc3c(F)c(CCc4ccc(CCCCC)cc4)ccc3c2)cc1. The molecule has 0 fully saturated rings. The Morgan fingerprint density at radius 2 is 1.33 bits per heavy atom. The first-order valence-corrected chi connectivity index (χ1v) is 13.2. The first-order valence-electron chi connectivity index (χ1n) is 13.2. The summed E-state index contributed by atoms with van der Waals surface area (Å²) in [6, 6.07) is 26.9. The molecule has 4 aromatic rings. The molecular formula is C35H35F. The minimum atomic E-state index is -0.113. The summed E-state index contributed by atoms with van der Waals surface area (Å²) in [6.45, 7) is 6.01. The topological polar surface area (TPSA) is 0 Å². The largest absolute Gasteiger partial charge is 0.206 e. The van der Waals surface area contributed by atoms with Crippen molar-refractivity contribution in [2.45, 2.75) is 58.3 Å². The van der Waals surface area contributed by atoms with Crippen LogP contribution in [0.4, 0.5) is 4.39 Å². The molecule has 36 heavy (non-hydrogen) atoms. The van der Waals surface area contributed by atoms with Crippen molar-refractivity contribution in [3.05, 3.63) is 131 Å². The van der Waals surface area contributed by atoms with Crippen LogP contribution >= 0.6 is 0 Å². The van der Waals surface area contributed by atoms with E-state index < -0.39 is 0 Å². The van der Waals surface area contributed by atoms with E-state index in [1.165, 1.54) is 36.0 Å². The van der Waals surface area contributed by atoms with Crippen LogP contribution in [0.5, 0.6) is 0 Å². The Morgan fingerprint density at radius 1 is 0.694 bits per heavy atom. The molecule has 0 heterocycles. The Bertz CT molecular complexity index is 1350. The first-order chi connectivity index (χ1) is 17.7. The lowest BCUT2D eigenvalue weighted by atomic mass is 9.98. The van der Waals surface area contributed by atoms with E-state index in [1.807, 2.05) is 36.4 Å². The third kappa shape index (κ3) is 6.96. The number of aryl methyl sites for hydroxylation is 4. The maximum atomic E-state index is 15.3. The predicted molar refractivity (Wildman–Crippen MR) is 152 cm³/mol. The van der Waals surface area contributed by atoms with E-state index in [0.29, 0.717) is 11.8 Å². The van der Waals surface area contributed by atoms with Crippen molar-refractivity contribution in [1.29, 1.82) is 0 Å². The molecular weight excluding hydrogens is 439 g/mol. The van der Waals surface area contributed by atoms with Crippen LogP contribution in [-0.4, -0.2) is 0 Å². The lowest BCUT2D eigenvalue weighted by Gasteiger charge is -2.08. The van der Waals surface area contributed by atoms with Crippen molar-refractivity contribution >= 4 is 10.8 Å². The Balaban J connectivity index is 1.40. The van der Waals surface area contributed by atoms with E-state index in [9.17, 15) is 0 Å². The highest BCUT2D eigenvalue weighted by molar-refractivity contribution is 5.85. The van der Waals surface area contributed by atoms with Gasteiger partial charge in [0.15, 0.2) is 0 Å². The van der Waals surface area contributed by atoms with Crippen molar-refractivity contribution in [2.75, 3.05) is 0 Å². The number of allylic oxidation sites excluding steroid dienone is 1. The number of fused-ring (bicyclic) bond motifs is 1. The lowest BCUT2D eigenvalue weighted by Crippen LogP contribution is -1.96. The van der Waals surface area contributed by atoms with Crippen molar-refractivity contribution in [1.82, 2.24) is 0 Å². The summed E-state index contributed by atoms with van der Waals surface area (Å²) in [5.74, 6) is 6.34. The van der Waals surface area contributed by atoms with Gasteiger partial charge < -0.3 is 0 Å². The number of rotatable bonds is 10. The fourth-order valence-corrected chi connectivity index (χ4v) is 4.51. The van der Waals surface area contributed by atoms with Gasteiger partial charge in [0.1, 0.15) is 5.82 Å². The molecule has 0 bridgehead atoms. The van der Waals surface area contributed by atoms with Crippen molar-refractivity contribution < 1.29 is 4.39 Å². The first kappa shape index (κ1) is 25.5.